The molecule has 0 aliphatic carbocycles. The van der Waals surface area contributed by atoms with Crippen LogP contribution in [-0.2, 0) is 28.6 Å². The van der Waals surface area contributed by atoms with Crippen LogP contribution in [0.1, 0.15) is 310 Å². The third kappa shape index (κ3) is 59.5. The topological polar surface area (TPSA) is 78.9 Å². The van der Waals surface area contributed by atoms with Gasteiger partial charge in [0, 0.05) is 19.3 Å². The Kier molecular flexibility index (Phi) is 59.3. The number of unbranched alkanes of at least 4 members (excludes halogenated alkanes) is 32. The number of carbonyl (C=O) groups excluding carboxylic acids is 3. The summed E-state index contributed by atoms with van der Waals surface area (Å²) in [4.78, 5) is 38.3. The van der Waals surface area contributed by atoms with Gasteiger partial charge in [-0.2, -0.15) is 0 Å². The van der Waals surface area contributed by atoms with Crippen LogP contribution in [0.4, 0.5) is 0 Å². The molecule has 0 rings (SSSR count). The number of hydrogen-bond donors (Lipinski definition) is 0. The largest absolute Gasteiger partial charge is 0.462 e. The van der Waals surface area contributed by atoms with Crippen molar-refractivity contribution in [2.24, 2.45) is 0 Å². The van der Waals surface area contributed by atoms with Crippen molar-refractivity contribution >= 4 is 17.9 Å². The number of allylic oxidation sites excluding steroid dienone is 14. The van der Waals surface area contributed by atoms with E-state index in [4.69, 9.17) is 14.2 Å². The van der Waals surface area contributed by atoms with Crippen LogP contribution in [0.3, 0.4) is 0 Å². The molecule has 74 heavy (non-hydrogen) atoms. The van der Waals surface area contributed by atoms with Gasteiger partial charge in [0.25, 0.3) is 0 Å². The monoisotopic (exact) mass is 1030 g/mol. The lowest BCUT2D eigenvalue weighted by Crippen LogP contribution is -2.30. The summed E-state index contributed by atoms with van der Waals surface area (Å²) in [5.41, 5.74) is 0. The van der Waals surface area contributed by atoms with Gasteiger partial charge in [-0.05, 0) is 116 Å². The second-order valence-corrected chi connectivity index (χ2v) is 20.9. The van der Waals surface area contributed by atoms with Gasteiger partial charge in [-0.25, -0.2) is 0 Å². The minimum atomic E-state index is -0.792. The Labute approximate surface area is 458 Å². The number of hydrogen-bond acceptors (Lipinski definition) is 6. The van der Waals surface area contributed by atoms with E-state index in [1.165, 1.54) is 154 Å². The number of carbonyl (C=O) groups is 3. The number of rotatable bonds is 57. The first-order valence-electron chi connectivity index (χ1n) is 31.6. The highest BCUT2D eigenvalue weighted by molar-refractivity contribution is 5.71. The highest BCUT2D eigenvalue weighted by Gasteiger charge is 2.19. The summed E-state index contributed by atoms with van der Waals surface area (Å²) < 4.78 is 16.9. The molecule has 0 bridgehead atoms. The highest BCUT2D eigenvalue weighted by Crippen LogP contribution is 2.16. The first kappa shape index (κ1) is 70.6. The SMILES string of the molecule is CC/C=C\C/C=C\C/C=C\C/C=C\C/C=C\CCCCCCCC(=O)OC(COC(=O)CCCCCCC/C=C\CCCCC)COC(=O)CCCCCCCCCCCCC/C=C\CCCCCCCCCC. The fourth-order valence-corrected chi connectivity index (χ4v) is 8.87. The minimum absolute atomic E-state index is 0.0865. The standard InChI is InChI=1S/C68H118O6/c1-4-7-10-13-16-19-22-25-27-29-31-33-34-36-37-39-41-43-46-49-52-55-58-61-67(70)73-64-65(63-72-66(69)60-57-54-51-48-45-24-21-18-15-12-9-6-3)74-68(71)62-59-56-53-50-47-44-42-40-38-35-32-30-28-26-23-20-17-14-11-8-5-2/h8,11,17-18,20-21,26,28-29,31-32,35,40,42,65H,4-7,9-10,12-16,19,22-25,27,30,33-34,36-39,41,43-64H2,1-3H3/b11-8-,20-17-,21-18-,28-26-,31-29-,35-32-,42-40-. The summed E-state index contributed by atoms with van der Waals surface area (Å²) in [5, 5.41) is 0. The molecule has 0 aromatic heterocycles. The summed E-state index contributed by atoms with van der Waals surface area (Å²) in [5.74, 6) is -0.906. The van der Waals surface area contributed by atoms with E-state index in [9.17, 15) is 14.4 Å². The quantitative estimate of drug-likeness (QED) is 0.0261. The molecule has 0 aromatic rings. The Balaban J connectivity index is 4.34. The molecule has 6 heteroatoms. The van der Waals surface area contributed by atoms with Gasteiger partial charge in [0.15, 0.2) is 6.10 Å². The van der Waals surface area contributed by atoms with E-state index in [1.54, 1.807) is 0 Å². The van der Waals surface area contributed by atoms with Gasteiger partial charge in [-0.1, -0.05) is 260 Å². The Morgan fingerprint density at radius 1 is 0.284 bits per heavy atom. The number of esters is 3. The summed E-state index contributed by atoms with van der Waals surface area (Å²) in [7, 11) is 0. The van der Waals surface area contributed by atoms with Gasteiger partial charge in [0.05, 0.1) is 0 Å². The smallest absolute Gasteiger partial charge is 0.306 e. The predicted molar refractivity (Wildman–Crippen MR) is 321 cm³/mol. The van der Waals surface area contributed by atoms with Gasteiger partial charge < -0.3 is 14.2 Å². The average molecular weight is 1030 g/mol. The highest BCUT2D eigenvalue weighted by atomic mass is 16.6. The van der Waals surface area contributed by atoms with Crippen LogP contribution in [0.25, 0.3) is 0 Å². The zero-order valence-corrected chi connectivity index (χ0v) is 48.8. The van der Waals surface area contributed by atoms with Gasteiger partial charge in [0.2, 0.25) is 0 Å². The van der Waals surface area contributed by atoms with Gasteiger partial charge in [-0.15, -0.1) is 0 Å². The van der Waals surface area contributed by atoms with E-state index in [0.29, 0.717) is 19.3 Å². The maximum absolute atomic E-state index is 12.9. The average Bonchev–Trinajstić information content (AvgIpc) is 3.40. The van der Waals surface area contributed by atoms with E-state index in [2.05, 4.69) is 106 Å². The van der Waals surface area contributed by atoms with E-state index in [-0.39, 0.29) is 31.1 Å². The molecule has 0 saturated heterocycles. The van der Waals surface area contributed by atoms with Crippen LogP contribution in [-0.4, -0.2) is 37.2 Å². The molecular formula is C68H118O6. The number of ether oxygens (including phenoxy) is 3. The van der Waals surface area contributed by atoms with E-state index in [0.717, 1.165) is 116 Å². The second kappa shape index (κ2) is 62.1. The van der Waals surface area contributed by atoms with E-state index in [1.807, 2.05) is 0 Å². The molecule has 1 unspecified atom stereocenters. The second-order valence-electron chi connectivity index (χ2n) is 20.9. The molecule has 0 spiro atoms. The van der Waals surface area contributed by atoms with Crippen molar-refractivity contribution in [2.75, 3.05) is 13.2 Å². The summed E-state index contributed by atoms with van der Waals surface area (Å²) in [6.45, 7) is 6.51. The van der Waals surface area contributed by atoms with Crippen molar-refractivity contribution in [1.82, 2.24) is 0 Å². The lowest BCUT2D eigenvalue weighted by molar-refractivity contribution is -0.167. The molecule has 0 N–H and O–H groups in total. The molecule has 1 atom stereocenters. The van der Waals surface area contributed by atoms with Crippen molar-refractivity contribution < 1.29 is 28.6 Å². The van der Waals surface area contributed by atoms with E-state index < -0.39 is 6.10 Å². The Morgan fingerprint density at radius 2 is 0.527 bits per heavy atom. The Hall–Kier alpha value is -3.41. The molecule has 0 aliphatic heterocycles. The molecule has 426 valence electrons. The molecule has 0 radical (unpaired) electrons. The normalized spacial score (nSPS) is 12.6. The molecule has 0 amide bonds. The van der Waals surface area contributed by atoms with Crippen LogP contribution in [0.5, 0.6) is 0 Å². The van der Waals surface area contributed by atoms with Crippen LogP contribution in [0.2, 0.25) is 0 Å². The molecule has 6 nitrogen and oxygen atoms in total. The predicted octanol–water partition coefficient (Wildman–Crippen LogP) is 21.5. The van der Waals surface area contributed by atoms with Gasteiger partial charge in [0.1, 0.15) is 13.2 Å². The van der Waals surface area contributed by atoms with Crippen LogP contribution >= 0.6 is 0 Å². The molecule has 0 aliphatic rings. The van der Waals surface area contributed by atoms with Crippen LogP contribution in [0.15, 0.2) is 85.1 Å². The summed E-state index contributed by atoms with van der Waals surface area (Å²) >= 11 is 0. The van der Waals surface area contributed by atoms with Crippen molar-refractivity contribution in [1.29, 1.82) is 0 Å². The molecule has 0 fully saturated rings. The maximum atomic E-state index is 12.9. The van der Waals surface area contributed by atoms with Gasteiger partial charge >= 0.3 is 17.9 Å². The summed E-state index contributed by atoms with van der Waals surface area (Å²) in [6.07, 6.45) is 81.6. The van der Waals surface area contributed by atoms with Crippen LogP contribution in [0, 0.1) is 0 Å². The van der Waals surface area contributed by atoms with Gasteiger partial charge in [-0.3, -0.25) is 14.4 Å². The fraction of sp³-hybridized carbons (Fsp3) is 0.750. The van der Waals surface area contributed by atoms with Crippen molar-refractivity contribution in [3.63, 3.8) is 0 Å². The lowest BCUT2D eigenvalue weighted by Gasteiger charge is -2.18. The van der Waals surface area contributed by atoms with Crippen molar-refractivity contribution in [3.05, 3.63) is 85.1 Å². The minimum Gasteiger partial charge on any atom is -0.462 e. The Bertz CT molecular complexity index is 1420. The zero-order valence-electron chi connectivity index (χ0n) is 48.8. The maximum Gasteiger partial charge on any atom is 0.306 e. The fourth-order valence-electron chi connectivity index (χ4n) is 8.87. The zero-order chi connectivity index (χ0) is 53.6. The molecular weight excluding hydrogens is 913 g/mol. The first-order valence-corrected chi connectivity index (χ1v) is 31.6. The molecule has 0 aromatic carbocycles. The van der Waals surface area contributed by atoms with Crippen LogP contribution < -0.4 is 0 Å². The molecule has 0 saturated carbocycles. The molecule has 0 heterocycles. The summed E-state index contributed by atoms with van der Waals surface area (Å²) in [6, 6.07) is 0. The third-order valence-electron chi connectivity index (χ3n) is 13.6. The van der Waals surface area contributed by atoms with E-state index >= 15 is 0 Å². The lowest BCUT2D eigenvalue weighted by atomic mass is 10.0. The van der Waals surface area contributed by atoms with Crippen molar-refractivity contribution in [3.8, 4) is 0 Å². The third-order valence-corrected chi connectivity index (χ3v) is 13.6. The van der Waals surface area contributed by atoms with Crippen molar-refractivity contribution in [2.45, 2.75) is 316 Å². The Morgan fingerprint density at radius 3 is 0.865 bits per heavy atom. The first-order chi connectivity index (χ1) is 36.5.